The van der Waals surface area contributed by atoms with Gasteiger partial charge in [-0.15, -0.1) is 0 Å². The van der Waals surface area contributed by atoms with E-state index in [2.05, 4.69) is 20.3 Å². The number of hydrogen-bond donors (Lipinski definition) is 1. The van der Waals surface area contributed by atoms with Crippen LogP contribution in [0.2, 0.25) is 0 Å². The van der Waals surface area contributed by atoms with Crippen LogP contribution in [0.15, 0.2) is 57.6 Å². The van der Waals surface area contributed by atoms with Crippen molar-refractivity contribution in [2.75, 3.05) is 11.8 Å². The van der Waals surface area contributed by atoms with Gasteiger partial charge < -0.3 is 18.3 Å². The molecule has 2 heterocycles. The Morgan fingerprint density at radius 3 is 1.74 bits per heavy atom. The number of anilines is 1. The van der Waals surface area contributed by atoms with E-state index in [-0.39, 0.29) is 5.69 Å². The van der Waals surface area contributed by atoms with Crippen LogP contribution in [0.25, 0.3) is 0 Å². The summed E-state index contributed by atoms with van der Waals surface area (Å²) in [5, 5.41) is 7.95. The van der Waals surface area contributed by atoms with Crippen molar-refractivity contribution >= 4 is 16.0 Å². The van der Waals surface area contributed by atoms with Crippen molar-refractivity contribution in [1.29, 1.82) is 0 Å². The number of nitrogens with one attached hydrogen (secondary N) is 1. The third-order valence-corrected chi connectivity index (χ3v) is 5.73. The molecular formula is C22H22N5O6S-. The summed E-state index contributed by atoms with van der Waals surface area (Å²) in [6, 6.07) is 13.9. The van der Waals surface area contributed by atoms with Crippen molar-refractivity contribution in [2.45, 2.75) is 32.1 Å². The predicted octanol–water partition coefficient (Wildman–Crippen LogP) is 2.72. The van der Waals surface area contributed by atoms with Gasteiger partial charge in [-0.25, -0.2) is 8.42 Å². The number of methoxy groups -OCH3 is 1. The quantitative estimate of drug-likeness (QED) is 0.350. The standard InChI is InChI=1S/C22H23N5O6S/c1-14-23-20(32-25-14)22(21-24-15(2)26-33-21,13-17-6-10-19(31-3)11-7-17)12-16-4-8-18(9-5-16)27-34(28,29)30/h4-11,27H,12-13H2,1-3H3,(H,28,29,30)/p-1. The zero-order valence-corrected chi connectivity index (χ0v) is 19.5. The Kier molecular flexibility index (Phi) is 6.35. The average Bonchev–Trinajstić information content (AvgIpc) is 3.43. The van der Waals surface area contributed by atoms with Crippen molar-refractivity contribution in [3.63, 3.8) is 0 Å². The lowest BCUT2D eigenvalue weighted by atomic mass is 9.76. The molecular weight excluding hydrogens is 462 g/mol. The molecule has 0 saturated carbocycles. The number of ether oxygens (including phenoxy) is 1. The van der Waals surface area contributed by atoms with E-state index in [1.54, 1.807) is 33.1 Å². The van der Waals surface area contributed by atoms with Crippen molar-refractivity contribution in [2.24, 2.45) is 0 Å². The zero-order valence-electron chi connectivity index (χ0n) is 18.7. The number of rotatable bonds is 9. The van der Waals surface area contributed by atoms with E-state index in [0.717, 1.165) is 11.1 Å². The van der Waals surface area contributed by atoms with Gasteiger partial charge >= 0.3 is 0 Å². The first-order chi connectivity index (χ1) is 16.2. The number of aryl methyl sites for hydroxylation is 2. The van der Waals surface area contributed by atoms with Gasteiger partial charge in [0.1, 0.15) is 11.2 Å². The smallest absolute Gasteiger partial charge is 0.243 e. The largest absolute Gasteiger partial charge is 0.731 e. The van der Waals surface area contributed by atoms with Gasteiger partial charge in [-0.2, -0.15) is 9.97 Å². The molecule has 1 N–H and O–H groups in total. The third-order valence-electron chi connectivity index (χ3n) is 5.24. The van der Waals surface area contributed by atoms with Gasteiger partial charge in [-0.3, -0.25) is 4.72 Å². The van der Waals surface area contributed by atoms with E-state index in [4.69, 9.17) is 13.8 Å². The van der Waals surface area contributed by atoms with Crippen LogP contribution >= 0.6 is 0 Å². The fourth-order valence-electron chi connectivity index (χ4n) is 3.71. The maximum absolute atomic E-state index is 11.0. The van der Waals surface area contributed by atoms with E-state index in [9.17, 15) is 13.0 Å². The highest BCUT2D eigenvalue weighted by Gasteiger charge is 2.45. The van der Waals surface area contributed by atoms with Crippen molar-refractivity contribution < 1.29 is 26.8 Å². The van der Waals surface area contributed by atoms with Crippen molar-refractivity contribution in [3.05, 3.63) is 83.1 Å². The van der Waals surface area contributed by atoms with Crippen LogP contribution in [0.3, 0.4) is 0 Å². The van der Waals surface area contributed by atoms with Crippen LogP contribution in [0, 0.1) is 13.8 Å². The number of hydrogen-bond acceptors (Lipinski definition) is 10. The molecule has 34 heavy (non-hydrogen) atoms. The first-order valence-electron chi connectivity index (χ1n) is 10.2. The average molecular weight is 485 g/mol. The lowest BCUT2D eigenvalue weighted by Gasteiger charge is -2.27. The Labute approximate surface area is 196 Å². The van der Waals surface area contributed by atoms with Crippen LogP contribution in [-0.2, 0) is 28.6 Å². The summed E-state index contributed by atoms with van der Waals surface area (Å²) in [6.07, 6.45) is 0.696. The van der Waals surface area contributed by atoms with Gasteiger partial charge in [0.05, 0.1) is 7.11 Å². The Hall–Kier alpha value is -3.77. The Balaban J connectivity index is 1.80. The maximum atomic E-state index is 11.0. The molecule has 0 atom stereocenters. The van der Waals surface area contributed by atoms with Crippen LogP contribution in [0.1, 0.15) is 34.6 Å². The van der Waals surface area contributed by atoms with Gasteiger partial charge in [0.25, 0.3) is 0 Å². The van der Waals surface area contributed by atoms with Crippen molar-refractivity contribution in [1.82, 2.24) is 20.3 Å². The topological polar surface area (TPSA) is 156 Å². The van der Waals surface area contributed by atoms with Crippen LogP contribution < -0.4 is 9.46 Å². The zero-order chi connectivity index (χ0) is 24.3. The molecule has 11 nitrogen and oxygen atoms in total. The SMILES string of the molecule is COc1ccc(CC(Cc2ccc(NS(=O)(=O)[O-])cc2)(c2nc(C)no2)c2nc(C)no2)cc1. The molecule has 4 aromatic rings. The first kappa shape index (κ1) is 23.4. The Morgan fingerprint density at radius 1 is 0.882 bits per heavy atom. The van der Waals surface area contributed by atoms with E-state index >= 15 is 0 Å². The summed E-state index contributed by atoms with van der Waals surface area (Å²) in [5.41, 5.74) is 0.857. The minimum atomic E-state index is -4.63. The highest BCUT2D eigenvalue weighted by Crippen LogP contribution is 2.38. The second-order valence-corrected chi connectivity index (χ2v) is 8.94. The van der Waals surface area contributed by atoms with Crippen molar-refractivity contribution in [3.8, 4) is 5.75 Å². The monoisotopic (exact) mass is 484 g/mol. The molecule has 0 aliphatic carbocycles. The van der Waals surface area contributed by atoms with Crippen LogP contribution in [-0.4, -0.2) is 40.4 Å². The molecule has 0 radical (unpaired) electrons. The molecule has 0 aliphatic heterocycles. The summed E-state index contributed by atoms with van der Waals surface area (Å²) in [6.45, 7) is 3.43. The highest BCUT2D eigenvalue weighted by molar-refractivity contribution is 7.87. The van der Waals surface area contributed by atoms with Gasteiger partial charge in [0.15, 0.2) is 22.0 Å². The van der Waals surface area contributed by atoms with Gasteiger partial charge in [-0.1, -0.05) is 34.6 Å². The lowest BCUT2D eigenvalue weighted by Crippen LogP contribution is -2.34. The van der Waals surface area contributed by atoms with E-state index in [1.165, 1.54) is 12.1 Å². The number of aromatic nitrogens is 4. The second kappa shape index (κ2) is 9.23. The molecule has 0 amide bonds. The maximum Gasteiger partial charge on any atom is 0.243 e. The summed E-state index contributed by atoms with van der Waals surface area (Å²) < 4.78 is 51.5. The number of benzene rings is 2. The highest BCUT2D eigenvalue weighted by atomic mass is 32.2. The minimum absolute atomic E-state index is 0.154. The Morgan fingerprint density at radius 2 is 1.35 bits per heavy atom. The lowest BCUT2D eigenvalue weighted by molar-refractivity contribution is 0.242. The molecule has 2 aromatic heterocycles. The molecule has 0 bridgehead atoms. The fraction of sp³-hybridized carbons (Fsp3) is 0.273. The first-order valence-corrected chi connectivity index (χ1v) is 11.6. The van der Waals surface area contributed by atoms with E-state index in [1.807, 2.05) is 29.0 Å². The Bertz CT molecular complexity index is 1320. The normalized spacial score (nSPS) is 12.0. The molecule has 0 aliphatic rings. The molecule has 4 rings (SSSR count). The molecule has 12 heteroatoms. The summed E-state index contributed by atoms with van der Waals surface area (Å²) in [7, 11) is -3.03. The molecule has 2 aromatic carbocycles. The number of nitrogens with zero attached hydrogens (tertiary/aromatic N) is 4. The fourth-order valence-corrected chi connectivity index (χ4v) is 4.14. The second-order valence-electron chi connectivity index (χ2n) is 7.83. The molecule has 0 spiro atoms. The molecule has 0 fully saturated rings. The van der Waals surface area contributed by atoms with Gasteiger partial charge in [-0.05, 0) is 62.1 Å². The predicted molar refractivity (Wildman–Crippen MR) is 119 cm³/mol. The van der Waals surface area contributed by atoms with E-state index < -0.39 is 15.7 Å². The molecule has 0 saturated heterocycles. The van der Waals surface area contributed by atoms with E-state index in [0.29, 0.717) is 42.0 Å². The summed E-state index contributed by atoms with van der Waals surface area (Å²) in [4.78, 5) is 9.00. The molecule has 0 unspecified atom stereocenters. The third kappa shape index (κ3) is 5.24. The minimum Gasteiger partial charge on any atom is -0.731 e. The summed E-state index contributed by atoms with van der Waals surface area (Å²) in [5.74, 6) is 2.21. The van der Waals surface area contributed by atoms with Gasteiger partial charge in [0, 0.05) is 5.69 Å². The van der Waals surface area contributed by atoms with Gasteiger partial charge in [0.2, 0.25) is 11.8 Å². The molecule has 178 valence electrons. The van der Waals surface area contributed by atoms with Crippen LogP contribution in [0.5, 0.6) is 5.75 Å². The summed E-state index contributed by atoms with van der Waals surface area (Å²) >= 11 is 0. The van der Waals surface area contributed by atoms with Crippen LogP contribution in [0.4, 0.5) is 5.69 Å².